The monoisotopic (exact) mass is 269 g/mol. The van der Waals surface area contributed by atoms with E-state index in [9.17, 15) is 0 Å². The Bertz CT molecular complexity index is 579. The van der Waals surface area contributed by atoms with Gasteiger partial charge in [0, 0.05) is 23.7 Å². The first kappa shape index (κ1) is 13.5. The summed E-state index contributed by atoms with van der Waals surface area (Å²) in [6, 6.07) is 11.3. The highest BCUT2D eigenvalue weighted by Gasteiger charge is 2.29. The van der Waals surface area contributed by atoms with Gasteiger partial charge in [0.15, 0.2) is 0 Å². The molecule has 0 spiro atoms. The highest BCUT2D eigenvalue weighted by Crippen LogP contribution is 2.31. The second kappa shape index (κ2) is 5.90. The fourth-order valence-electron chi connectivity index (χ4n) is 3.37. The average molecular weight is 269 g/mol. The van der Waals surface area contributed by atoms with Crippen LogP contribution in [0.15, 0.2) is 36.5 Å². The molecule has 1 aliphatic rings. The van der Waals surface area contributed by atoms with Crippen LogP contribution in [-0.2, 0) is 0 Å². The lowest BCUT2D eigenvalue weighted by molar-refractivity contribution is 0.129. The third-order valence-electron chi connectivity index (χ3n) is 4.26. The molecule has 3 nitrogen and oxygen atoms in total. The summed E-state index contributed by atoms with van der Waals surface area (Å²) in [4.78, 5) is 6.94. The van der Waals surface area contributed by atoms with E-state index in [0.29, 0.717) is 6.04 Å². The van der Waals surface area contributed by atoms with Crippen molar-refractivity contribution < 1.29 is 0 Å². The van der Waals surface area contributed by atoms with Crippen molar-refractivity contribution >= 4 is 10.9 Å². The van der Waals surface area contributed by atoms with Gasteiger partial charge in [-0.1, -0.05) is 19.1 Å². The number of aromatic nitrogens is 1. The van der Waals surface area contributed by atoms with E-state index in [2.05, 4.69) is 41.1 Å². The zero-order valence-electron chi connectivity index (χ0n) is 12.1. The molecule has 1 aromatic heterocycles. The fourth-order valence-corrected chi connectivity index (χ4v) is 3.37. The molecule has 2 unspecified atom stereocenters. The number of hydrogen-bond acceptors (Lipinski definition) is 3. The van der Waals surface area contributed by atoms with Crippen molar-refractivity contribution in [2.45, 2.75) is 38.3 Å². The quantitative estimate of drug-likeness (QED) is 0.931. The maximum absolute atomic E-state index is 6.42. The predicted molar refractivity (Wildman–Crippen MR) is 83.6 cm³/mol. The molecule has 1 aliphatic heterocycles. The van der Waals surface area contributed by atoms with Gasteiger partial charge in [0.2, 0.25) is 0 Å². The van der Waals surface area contributed by atoms with Gasteiger partial charge < -0.3 is 5.73 Å². The number of nitrogens with zero attached hydrogens (tertiary/aromatic N) is 2. The van der Waals surface area contributed by atoms with Gasteiger partial charge in [-0.25, -0.2) is 0 Å². The van der Waals surface area contributed by atoms with E-state index in [0.717, 1.165) is 25.0 Å². The SMILES string of the molecule is CCCN1CCCC(N)C1c1ccc2ncccc2c1. The third-order valence-corrected chi connectivity index (χ3v) is 4.26. The summed E-state index contributed by atoms with van der Waals surface area (Å²) in [5.41, 5.74) is 8.82. The fraction of sp³-hybridized carbons (Fsp3) is 0.471. The highest BCUT2D eigenvalue weighted by atomic mass is 15.2. The van der Waals surface area contributed by atoms with Crippen molar-refractivity contribution in [3.8, 4) is 0 Å². The number of likely N-dealkylation sites (tertiary alicyclic amines) is 1. The van der Waals surface area contributed by atoms with Crippen LogP contribution in [0.25, 0.3) is 10.9 Å². The van der Waals surface area contributed by atoms with Gasteiger partial charge in [0.05, 0.1) is 5.52 Å². The van der Waals surface area contributed by atoms with Gasteiger partial charge in [-0.3, -0.25) is 9.88 Å². The molecule has 1 fully saturated rings. The molecule has 1 aromatic carbocycles. The number of pyridine rings is 1. The van der Waals surface area contributed by atoms with Gasteiger partial charge in [0.25, 0.3) is 0 Å². The van der Waals surface area contributed by atoms with Crippen molar-refractivity contribution in [2.24, 2.45) is 5.73 Å². The Labute approximate surface area is 120 Å². The standard InChI is InChI=1S/C17H23N3/c1-2-10-20-11-4-6-15(18)17(20)14-7-8-16-13(12-14)5-3-9-19-16/h3,5,7-9,12,15,17H,2,4,6,10-11,18H2,1H3. The predicted octanol–water partition coefficient (Wildman–Crippen LogP) is 3.11. The Kier molecular flexibility index (Phi) is 3.99. The molecule has 20 heavy (non-hydrogen) atoms. The lowest BCUT2D eigenvalue weighted by Crippen LogP contribution is -2.46. The van der Waals surface area contributed by atoms with E-state index in [1.807, 2.05) is 12.3 Å². The minimum atomic E-state index is 0.240. The summed E-state index contributed by atoms with van der Waals surface area (Å²) in [5.74, 6) is 0. The Balaban J connectivity index is 1.97. The number of benzene rings is 1. The second-order valence-electron chi connectivity index (χ2n) is 5.74. The summed E-state index contributed by atoms with van der Waals surface area (Å²) >= 11 is 0. The summed E-state index contributed by atoms with van der Waals surface area (Å²) in [7, 11) is 0. The Morgan fingerprint density at radius 2 is 2.25 bits per heavy atom. The molecule has 2 N–H and O–H groups in total. The van der Waals surface area contributed by atoms with Crippen LogP contribution >= 0.6 is 0 Å². The molecule has 2 atom stereocenters. The van der Waals surface area contributed by atoms with Crippen molar-refractivity contribution in [2.75, 3.05) is 13.1 Å². The first-order chi connectivity index (χ1) is 9.79. The second-order valence-corrected chi connectivity index (χ2v) is 5.74. The lowest BCUT2D eigenvalue weighted by Gasteiger charge is -2.40. The third kappa shape index (κ3) is 2.56. The molecule has 0 bridgehead atoms. The summed E-state index contributed by atoms with van der Waals surface area (Å²) in [5, 5.41) is 1.21. The molecule has 0 aliphatic carbocycles. The highest BCUT2D eigenvalue weighted by molar-refractivity contribution is 5.79. The maximum atomic E-state index is 6.42. The molecular weight excluding hydrogens is 246 g/mol. The van der Waals surface area contributed by atoms with Crippen molar-refractivity contribution in [1.82, 2.24) is 9.88 Å². The minimum Gasteiger partial charge on any atom is -0.326 e. The summed E-state index contributed by atoms with van der Waals surface area (Å²) < 4.78 is 0. The number of rotatable bonds is 3. The van der Waals surface area contributed by atoms with Gasteiger partial charge in [-0.15, -0.1) is 0 Å². The van der Waals surface area contributed by atoms with E-state index in [-0.39, 0.29) is 6.04 Å². The van der Waals surface area contributed by atoms with Crippen LogP contribution < -0.4 is 5.73 Å². The Morgan fingerprint density at radius 1 is 1.35 bits per heavy atom. The van der Waals surface area contributed by atoms with Crippen LogP contribution in [0.3, 0.4) is 0 Å². The molecule has 0 amide bonds. The van der Waals surface area contributed by atoms with Crippen LogP contribution in [0.5, 0.6) is 0 Å². The van der Waals surface area contributed by atoms with Crippen LogP contribution in [0.2, 0.25) is 0 Å². The van der Waals surface area contributed by atoms with Gasteiger partial charge in [0.1, 0.15) is 0 Å². The number of piperidine rings is 1. The first-order valence-electron chi connectivity index (χ1n) is 7.64. The summed E-state index contributed by atoms with van der Waals surface area (Å²) in [6.45, 7) is 4.53. The molecular formula is C17H23N3. The molecule has 0 saturated carbocycles. The average Bonchev–Trinajstić information content (AvgIpc) is 2.47. The number of fused-ring (bicyclic) bond motifs is 1. The van der Waals surface area contributed by atoms with Crippen LogP contribution in [0.1, 0.15) is 37.8 Å². The van der Waals surface area contributed by atoms with Gasteiger partial charge >= 0.3 is 0 Å². The van der Waals surface area contributed by atoms with E-state index in [1.54, 1.807) is 0 Å². The largest absolute Gasteiger partial charge is 0.326 e. The lowest BCUT2D eigenvalue weighted by atomic mass is 9.90. The van der Waals surface area contributed by atoms with E-state index >= 15 is 0 Å². The van der Waals surface area contributed by atoms with Crippen LogP contribution in [0, 0.1) is 0 Å². The molecule has 1 saturated heterocycles. The zero-order valence-corrected chi connectivity index (χ0v) is 12.1. The van der Waals surface area contributed by atoms with Crippen molar-refractivity contribution in [1.29, 1.82) is 0 Å². The normalized spacial score (nSPS) is 24.1. The molecule has 2 aromatic rings. The molecule has 106 valence electrons. The van der Waals surface area contributed by atoms with Gasteiger partial charge in [-0.05, 0) is 56.1 Å². The summed E-state index contributed by atoms with van der Waals surface area (Å²) in [6.07, 6.45) is 5.36. The Morgan fingerprint density at radius 3 is 3.10 bits per heavy atom. The zero-order chi connectivity index (χ0) is 13.9. The number of hydrogen-bond donors (Lipinski definition) is 1. The maximum Gasteiger partial charge on any atom is 0.0702 e. The molecule has 3 rings (SSSR count). The topological polar surface area (TPSA) is 42.1 Å². The van der Waals surface area contributed by atoms with Crippen LogP contribution in [-0.4, -0.2) is 29.0 Å². The van der Waals surface area contributed by atoms with Crippen molar-refractivity contribution in [3.05, 3.63) is 42.1 Å². The van der Waals surface area contributed by atoms with Crippen LogP contribution in [0.4, 0.5) is 0 Å². The van der Waals surface area contributed by atoms with Gasteiger partial charge in [-0.2, -0.15) is 0 Å². The van der Waals surface area contributed by atoms with E-state index in [1.165, 1.54) is 23.8 Å². The van der Waals surface area contributed by atoms with Crippen molar-refractivity contribution in [3.63, 3.8) is 0 Å². The Hall–Kier alpha value is -1.45. The molecule has 3 heteroatoms. The van der Waals surface area contributed by atoms with E-state index in [4.69, 9.17) is 5.73 Å². The first-order valence-corrected chi connectivity index (χ1v) is 7.64. The number of nitrogens with two attached hydrogens (primary N) is 1. The minimum absolute atomic E-state index is 0.240. The molecule has 2 heterocycles. The smallest absolute Gasteiger partial charge is 0.0702 e. The van der Waals surface area contributed by atoms with E-state index < -0.39 is 0 Å². The molecule has 0 radical (unpaired) electrons.